The Morgan fingerprint density at radius 3 is 3.16 bits per heavy atom. The van der Waals surface area contributed by atoms with Crippen LogP contribution in [0.4, 0.5) is 0 Å². The van der Waals surface area contributed by atoms with Crippen LogP contribution in [-0.2, 0) is 0 Å². The van der Waals surface area contributed by atoms with E-state index in [0.717, 1.165) is 6.42 Å². The van der Waals surface area contributed by atoms with Crippen molar-refractivity contribution in [2.24, 2.45) is 0 Å². The highest BCUT2D eigenvalue weighted by molar-refractivity contribution is 7.12. The molecule has 102 valence electrons. The summed E-state index contributed by atoms with van der Waals surface area (Å²) in [6, 6.07) is 1.80. The fourth-order valence-corrected chi connectivity index (χ4v) is 2.40. The zero-order valence-corrected chi connectivity index (χ0v) is 11.3. The van der Waals surface area contributed by atoms with Crippen LogP contribution in [0.5, 0.6) is 0 Å². The number of nitrogens with one attached hydrogen (secondary N) is 1. The summed E-state index contributed by atoms with van der Waals surface area (Å²) in [5, 5.41) is 24.6. The SMILES string of the molecule is CC(O)CCCNC(=O)c1sccc1-n1cnnn1. The highest BCUT2D eigenvalue weighted by Gasteiger charge is 2.15. The Balaban J connectivity index is 1.95. The first kappa shape index (κ1) is 13.6. The van der Waals surface area contributed by atoms with Gasteiger partial charge >= 0.3 is 0 Å². The van der Waals surface area contributed by atoms with Crippen LogP contribution in [0.1, 0.15) is 29.4 Å². The van der Waals surface area contributed by atoms with Gasteiger partial charge in [-0.05, 0) is 41.6 Å². The molecule has 8 heteroatoms. The van der Waals surface area contributed by atoms with Crippen molar-refractivity contribution in [3.63, 3.8) is 0 Å². The van der Waals surface area contributed by atoms with Gasteiger partial charge < -0.3 is 10.4 Å². The zero-order chi connectivity index (χ0) is 13.7. The molecule has 2 aromatic heterocycles. The lowest BCUT2D eigenvalue weighted by Crippen LogP contribution is -2.25. The van der Waals surface area contributed by atoms with Crippen LogP contribution in [0, 0.1) is 0 Å². The second kappa shape index (κ2) is 6.39. The smallest absolute Gasteiger partial charge is 0.263 e. The second-order valence-corrected chi connectivity index (χ2v) is 5.05. The molecular weight excluding hydrogens is 266 g/mol. The van der Waals surface area contributed by atoms with Gasteiger partial charge in [-0.3, -0.25) is 4.79 Å². The van der Waals surface area contributed by atoms with E-state index in [1.54, 1.807) is 13.0 Å². The van der Waals surface area contributed by atoms with Gasteiger partial charge in [0.2, 0.25) is 0 Å². The number of tetrazole rings is 1. The van der Waals surface area contributed by atoms with E-state index in [1.807, 2.05) is 5.38 Å². The molecule has 1 amide bonds. The summed E-state index contributed by atoms with van der Waals surface area (Å²) in [5.41, 5.74) is 0.669. The van der Waals surface area contributed by atoms with Gasteiger partial charge in [0.1, 0.15) is 11.2 Å². The number of aromatic nitrogens is 4. The van der Waals surface area contributed by atoms with E-state index in [-0.39, 0.29) is 12.0 Å². The predicted molar refractivity (Wildman–Crippen MR) is 70.3 cm³/mol. The summed E-state index contributed by atoms with van der Waals surface area (Å²) in [6.07, 6.45) is 2.53. The molecule has 2 heterocycles. The fourth-order valence-electron chi connectivity index (χ4n) is 1.60. The molecule has 0 saturated heterocycles. The minimum Gasteiger partial charge on any atom is -0.393 e. The van der Waals surface area contributed by atoms with Gasteiger partial charge in [-0.25, -0.2) is 0 Å². The number of carbonyl (C=O) groups excluding carboxylic acids is 1. The fraction of sp³-hybridized carbons (Fsp3) is 0.455. The number of rotatable bonds is 6. The molecule has 1 atom stereocenters. The highest BCUT2D eigenvalue weighted by atomic mass is 32.1. The van der Waals surface area contributed by atoms with Crippen LogP contribution in [0.25, 0.3) is 5.69 Å². The summed E-state index contributed by atoms with van der Waals surface area (Å²) in [7, 11) is 0. The minimum atomic E-state index is -0.338. The van der Waals surface area contributed by atoms with Crippen molar-refractivity contribution in [2.45, 2.75) is 25.9 Å². The average molecular weight is 281 g/mol. The lowest BCUT2D eigenvalue weighted by molar-refractivity contribution is 0.0953. The topological polar surface area (TPSA) is 92.9 Å². The van der Waals surface area contributed by atoms with Crippen molar-refractivity contribution in [3.8, 4) is 5.69 Å². The van der Waals surface area contributed by atoms with Crippen LogP contribution >= 0.6 is 11.3 Å². The van der Waals surface area contributed by atoms with Crippen LogP contribution in [-0.4, -0.2) is 43.9 Å². The number of aliphatic hydroxyl groups excluding tert-OH is 1. The standard InChI is InChI=1S/C11H15N5O2S/c1-8(17)3-2-5-12-11(18)10-9(4-6-19-10)16-7-13-14-15-16/h4,6-8,17H,2-3,5H2,1H3,(H,12,18). The van der Waals surface area contributed by atoms with E-state index in [2.05, 4.69) is 20.8 Å². The van der Waals surface area contributed by atoms with Gasteiger partial charge in [-0.1, -0.05) is 0 Å². The van der Waals surface area contributed by atoms with E-state index in [9.17, 15) is 4.79 Å². The maximum absolute atomic E-state index is 12.0. The van der Waals surface area contributed by atoms with Crippen LogP contribution in [0.15, 0.2) is 17.8 Å². The summed E-state index contributed by atoms with van der Waals surface area (Å²) >= 11 is 1.34. The Kier molecular flexibility index (Phi) is 4.58. The van der Waals surface area contributed by atoms with E-state index >= 15 is 0 Å². The summed E-state index contributed by atoms with van der Waals surface area (Å²) in [4.78, 5) is 12.6. The molecule has 7 nitrogen and oxygen atoms in total. The first-order valence-electron chi connectivity index (χ1n) is 5.95. The number of thiophene rings is 1. The molecule has 1 unspecified atom stereocenters. The number of aliphatic hydroxyl groups is 1. The van der Waals surface area contributed by atoms with E-state index in [1.165, 1.54) is 22.3 Å². The van der Waals surface area contributed by atoms with E-state index in [4.69, 9.17) is 5.11 Å². The molecule has 0 saturated carbocycles. The first-order chi connectivity index (χ1) is 9.18. The molecular formula is C11H15N5O2S. The van der Waals surface area contributed by atoms with Gasteiger partial charge in [0.15, 0.2) is 0 Å². The van der Waals surface area contributed by atoms with Crippen LogP contribution in [0.2, 0.25) is 0 Å². The molecule has 2 aromatic rings. The molecule has 0 radical (unpaired) electrons. The predicted octanol–water partition coefficient (Wildman–Crippen LogP) is 0.615. The minimum absolute atomic E-state index is 0.147. The summed E-state index contributed by atoms with van der Waals surface area (Å²) < 4.78 is 1.46. The molecule has 0 aromatic carbocycles. The maximum atomic E-state index is 12.0. The Labute approximate surface area is 114 Å². The van der Waals surface area contributed by atoms with Crippen molar-refractivity contribution in [3.05, 3.63) is 22.7 Å². The summed E-state index contributed by atoms with van der Waals surface area (Å²) in [6.45, 7) is 2.27. The Morgan fingerprint density at radius 1 is 1.63 bits per heavy atom. The number of nitrogens with zero attached hydrogens (tertiary/aromatic N) is 4. The Morgan fingerprint density at radius 2 is 2.47 bits per heavy atom. The number of hydrogen-bond donors (Lipinski definition) is 2. The van der Waals surface area contributed by atoms with E-state index in [0.29, 0.717) is 23.5 Å². The Hall–Kier alpha value is -1.80. The van der Waals surface area contributed by atoms with Crippen molar-refractivity contribution in [2.75, 3.05) is 6.54 Å². The van der Waals surface area contributed by atoms with Crippen LogP contribution < -0.4 is 5.32 Å². The largest absolute Gasteiger partial charge is 0.393 e. The molecule has 0 aliphatic carbocycles. The quantitative estimate of drug-likeness (QED) is 0.757. The normalized spacial score (nSPS) is 12.3. The van der Waals surface area contributed by atoms with Crippen LogP contribution in [0.3, 0.4) is 0 Å². The molecule has 2 rings (SSSR count). The lowest BCUT2D eigenvalue weighted by atomic mass is 10.2. The van der Waals surface area contributed by atoms with Gasteiger partial charge in [0.05, 0.1) is 11.8 Å². The number of amides is 1. The molecule has 0 aliphatic heterocycles. The van der Waals surface area contributed by atoms with Crippen molar-refractivity contribution in [1.82, 2.24) is 25.5 Å². The second-order valence-electron chi connectivity index (χ2n) is 4.14. The van der Waals surface area contributed by atoms with Gasteiger partial charge in [-0.15, -0.1) is 16.4 Å². The molecule has 0 aliphatic rings. The number of carbonyl (C=O) groups is 1. The first-order valence-corrected chi connectivity index (χ1v) is 6.83. The monoisotopic (exact) mass is 281 g/mol. The third kappa shape index (κ3) is 3.58. The van der Waals surface area contributed by atoms with Gasteiger partial charge in [0.25, 0.3) is 5.91 Å². The lowest BCUT2D eigenvalue weighted by Gasteiger charge is -2.06. The number of hydrogen-bond acceptors (Lipinski definition) is 6. The third-order valence-electron chi connectivity index (χ3n) is 2.53. The average Bonchev–Trinajstić information content (AvgIpc) is 3.02. The Bertz CT molecular complexity index is 523. The van der Waals surface area contributed by atoms with Crippen molar-refractivity contribution in [1.29, 1.82) is 0 Å². The maximum Gasteiger partial charge on any atom is 0.263 e. The molecule has 19 heavy (non-hydrogen) atoms. The molecule has 0 fully saturated rings. The molecule has 0 bridgehead atoms. The zero-order valence-electron chi connectivity index (χ0n) is 10.5. The van der Waals surface area contributed by atoms with E-state index < -0.39 is 0 Å². The molecule has 0 spiro atoms. The molecule has 2 N–H and O–H groups in total. The van der Waals surface area contributed by atoms with Crippen molar-refractivity contribution < 1.29 is 9.90 Å². The van der Waals surface area contributed by atoms with Crippen molar-refractivity contribution >= 4 is 17.2 Å². The third-order valence-corrected chi connectivity index (χ3v) is 3.43. The highest BCUT2D eigenvalue weighted by Crippen LogP contribution is 2.19. The van der Waals surface area contributed by atoms with Gasteiger partial charge in [0, 0.05) is 6.54 Å². The summed E-state index contributed by atoms with van der Waals surface area (Å²) in [5.74, 6) is -0.147. The van der Waals surface area contributed by atoms with Gasteiger partial charge in [-0.2, -0.15) is 4.68 Å².